The van der Waals surface area contributed by atoms with E-state index < -0.39 is 12.7 Å². The largest absolute Gasteiger partial charge is 0.405 e. The fraction of sp³-hybridized carbons (Fsp3) is 0.636. The Kier molecular flexibility index (Phi) is 4.75. The summed E-state index contributed by atoms with van der Waals surface area (Å²) in [5.41, 5.74) is 0.700. The highest BCUT2D eigenvalue weighted by atomic mass is 19.4. The highest BCUT2D eigenvalue weighted by Gasteiger charge is 2.31. The molecule has 1 N–H and O–H groups in total. The number of hydrogen-bond donors (Lipinski definition) is 1. The average Bonchev–Trinajstić information content (AvgIpc) is 2.33. The lowest BCUT2D eigenvalue weighted by Gasteiger charge is -2.25. The van der Waals surface area contributed by atoms with Crippen molar-refractivity contribution in [3.63, 3.8) is 0 Å². The molecule has 0 bridgehead atoms. The highest BCUT2D eigenvalue weighted by Crippen LogP contribution is 2.26. The summed E-state index contributed by atoms with van der Waals surface area (Å²) in [7, 11) is 1.69. The summed E-state index contributed by atoms with van der Waals surface area (Å²) in [6.45, 7) is 2.78. The Morgan fingerprint density at radius 1 is 1.28 bits per heavy atom. The Morgan fingerprint density at radius 3 is 2.39 bits per heavy atom. The van der Waals surface area contributed by atoms with Crippen LogP contribution in [-0.4, -0.2) is 36.3 Å². The van der Waals surface area contributed by atoms with Crippen molar-refractivity contribution in [2.75, 3.05) is 30.4 Å². The van der Waals surface area contributed by atoms with Crippen molar-refractivity contribution < 1.29 is 13.2 Å². The molecule has 0 amide bonds. The molecule has 0 spiro atoms. The summed E-state index contributed by atoms with van der Waals surface area (Å²) in [6.07, 6.45) is -2.40. The average molecular weight is 262 g/mol. The quantitative estimate of drug-likeness (QED) is 0.885. The van der Waals surface area contributed by atoms with Crippen LogP contribution in [0, 0.1) is 0 Å². The molecule has 0 saturated heterocycles. The van der Waals surface area contributed by atoms with Gasteiger partial charge in [0, 0.05) is 19.2 Å². The first-order chi connectivity index (χ1) is 8.42. The zero-order valence-corrected chi connectivity index (χ0v) is 10.7. The molecular weight excluding hydrogens is 245 g/mol. The van der Waals surface area contributed by atoms with E-state index in [9.17, 15) is 13.2 Å². The molecule has 0 aliphatic rings. The van der Waals surface area contributed by atoms with Crippen LogP contribution in [0.2, 0.25) is 0 Å². The lowest BCUT2D eigenvalue weighted by molar-refractivity contribution is -0.119. The lowest BCUT2D eigenvalue weighted by Crippen LogP contribution is -2.35. The maximum Gasteiger partial charge on any atom is 0.405 e. The normalized spacial score (nSPS) is 11.4. The third-order valence-electron chi connectivity index (χ3n) is 2.56. The van der Waals surface area contributed by atoms with Gasteiger partial charge in [-0.25, -0.2) is 9.97 Å². The monoisotopic (exact) mass is 262 g/mol. The van der Waals surface area contributed by atoms with Gasteiger partial charge in [0.2, 0.25) is 0 Å². The van der Waals surface area contributed by atoms with E-state index in [0.717, 1.165) is 0 Å². The van der Waals surface area contributed by atoms with Crippen LogP contribution in [0.1, 0.15) is 19.4 Å². The fourth-order valence-electron chi connectivity index (χ4n) is 1.77. The van der Waals surface area contributed by atoms with Crippen LogP contribution >= 0.6 is 0 Å². The predicted octanol–water partition coefficient (Wildman–Crippen LogP) is 2.47. The summed E-state index contributed by atoms with van der Waals surface area (Å²) >= 11 is 0. The first-order valence-corrected chi connectivity index (χ1v) is 5.76. The van der Waals surface area contributed by atoms with Crippen molar-refractivity contribution in [3.8, 4) is 0 Å². The molecule has 0 unspecified atom stereocenters. The van der Waals surface area contributed by atoms with Crippen molar-refractivity contribution in [2.24, 2.45) is 0 Å². The van der Waals surface area contributed by atoms with E-state index in [1.807, 2.05) is 6.92 Å². The topological polar surface area (TPSA) is 41.1 Å². The standard InChI is InChI=1S/C11H17F3N4/c1-4-8-9(15-3)16-7-17-10(8)18(5-2)6-11(12,13)14/h7H,4-6H2,1-3H3,(H,15,16,17). The van der Waals surface area contributed by atoms with E-state index in [-0.39, 0.29) is 6.54 Å². The molecule has 1 rings (SSSR count). The molecule has 1 aromatic heterocycles. The maximum absolute atomic E-state index is 12.5. The van der Waals surface area contributed by atoms with Gasteiger partial charge >= 0.3 is 6.18 Å². The van der Waals surface area contributed by atoms with Crippen LogP contribution in [0.15, 0.2) is 6.33 Å². The Bertz CT molecular complexity index is 392. The first-order valence-electron chi connectivity index (χ1n) is 5.76. The van der Waals surface area contributed by atoms with Crippen LogP contribution in [0.3, 0.4) is 0 Å². The van der Waals surface area contributed by atoms with Crippen LogP contribution in [-0.2, 0) is 6.42 Å². The summed E-state index contributed by atoms with van der Waals surface area (Å²) in [5.74, 6) is 0.916. The van der Waals surface area contributed by atoms with E-state index in [1.165, 1.54) is 11.2 Å². The van der Waals surface area contributed by atoms with Gasteiger partial charge in [-0.3, -0.25) is 0 Å². The number of rotatable bonds is 5. The molecule has 1 heterocycles. The molecule has 0 atom stereocenters. The van der Waals surface area contributed by atoms with E-state index >= 15 is 0 Å². The lowest BCUT2D eigenvalue weighted by atomic mass is 10.2. The molecule has 102 valence electrons. The molecule has 0 aromatic carbocycles. The van der Waals surface area contributed by atoms with Gasteiger partial charge in [0.05, 0.1) is 0 Å². The summed E-state index contributed by atoms with van der Waals surface area (Å²) < 4.78 is 37.5. The Hall–Kier alpha value is -1.53. The summed E-state index contributed by atoms with van der Waals surface area (Å²) in [6, 6.07) is 0. The number of halogens is 3. The van der Waals surface area contributed by atoms with Crippen LogP contribution in [0.4, 0.5) is 24.8 Å². The number of anilines is 2. The van der Waals surface area contributed by atoms with Gasteiger partial charge in [-0.1, -0.05) is 6.92 Å². The number of alkyl halides is 3. The molecule has 0 saturated carbocycles. The number of hydrogen-bond acceptors (Lipinski definition) is 4. The Balaban J connectivity index is 3.12. The minimum atomic E-state index is -4.24. The van der Waals surface area contributed by atoms with Gasteiger partial charge in [0.25, 0.3) is 0 Å². The van der Waals surface area contributed by atoms with Crippen molar-refractivity contribution in [3.05, 3.63) is 11.9 Å². The SMILES string of the molecule is CCc1c(NC)ncnc1N(CC)CC(F)(F)F. The Labute approximate surface area is 104 Å². The summed E-state index contributed by atoms with van der Waals surface area (Å²) in [5, 5.41) is 2.87. The molecule has 4 nitrogen and oxygen atoms in total. The van der Waals surface area contributed by atoms with E-state index in [4.69, 9.17) is 0 Å². The molecular formula is C11H17F3N4. The van der Waals surface area contributed by atoms with Crippen LogP contribution < -0.4 is 10.2 Å². The minimum Gasteiger partial charge on any atom is -0.373 e. The van der Waals surface area contributed by atoms with E-state index in [1.54, 1.807) is 14.0 Å². The van der Waals surface area contributed by atoms with Crippen molar-refractivity contribution in [2.45, 2.75) is 26.4 Å². The zero-order chi connectivity index (χ0) is 13.8. The number of nitrogens with one attached hydrogen (secondary N) is 1. The highest BCUT2D eigenvalue weighted by molar-refractivity contribution is 5.58. The van der Waals surface area contributed by atoms with Crippen LogP contribution in [0.25, 0.3) is 0 Å². The first kappa shape index (κ1) is 14.5. The number of nitrogens with zero attached hydrogens (tertiary/aromatic N) is 3. The maximum atomic E-state index is 12.5. The third-order valence-corrected chi connectivity index (χ3v) is 2.56. The second-order valence-electron chi connectivity index (χ2n) is 3.76. The van der Waals surface area contributed by atoms with Gasteiger partial charge in [-0.15, -0.1) is 0 Å². The molecule has 0 radical (unpaired) electrons. The third kappa shape index (κ3) is 3.48. The smallest absolute Gasteiger partial charge is 0.373 e. The molecule has 0 fully saturated rings. The zero-order valence-electron chi connectivity index (χ0n) is 10.7. The molecule has 18 heavy (non-hydrogen) atoms. The van der Waals surface area contributed by atoms with Crippen molar-refractivity contribution >= 4 is 11.6 Å². The fourth-order valence-corrected chi connectivity index (χ4v) is 1.77. The van der Waals surface area contributed by atoms with E-state index in [2.05, 4.69) is 15.3 Å². The molecule has 0 aliphatic carbocycles. The van der Waals surface area contributed by atoms with Gasteiger partial charge in [0.15, 0.2) is 0 Å². The van der Waals surface area contributed by atoms with Gasteiger partial charge in [-0.2, -0.15) is 13.2 Å². The molecule has 0 aliphatic heterocycles. The van der Waals surface area contributed by atoms with E-state index in [0.29, 0.717) is 23.6 Å². The van der Waals surface area contributed by atoms with Gasteiger partial charge in [-0.05, 0) is 13.3 Å². The Morgan fingerprint density at radius 2 is 1.94 bits per heavy atom. The summed E-state index contributed by atoms with van der Waals surface area (Å²) in [4.78, 5) is 9.21. The van der Waals surface area contributed by atoms with Crippen molar-refractivity contribution in [1.29, 1.82) is 0 Å². The van der Waals surface area contributed by atoms with Gasteiger partial charge in [0.1, 0.15) is 24.5 Å². The van der Waals surface area contributed by atoms with Crippen molar-refractivity contribution in [1.82, 2.24) is 9.97 Å². The van der Waals surface area contributed by atoms with Gasteiger partial charge < -0.3 is 10.2 Å². The second kappa shape index (κ2) is 5.88. The molecule has 7 heteroatoms. The molecule has 1 aromatic rings. The van der Waals surface area contributed by atoms with Crippen LogP contribution in [0.5, 0.6) is 0 Å². The predicted molar refractivity (Wildman–Crippen MR) is 64.9 cm³/mol. The number of aromatic nitrogens is 2. The minimum absolute atomic E-state index is 0.243. The second-order valence-corrected chi connectivity index (χ2v) is 3.76.